The van der Waals surface area contributed by atoms with Crippen LogP contribution in [0.5, 0.6) is 11.5 Å². The minimum atomic E-state index is -0.174. The van der Waals surface area contributed by atoms with Gasteiger partial charge in [0, 0.05) is 5.56 Å². The molecule has 0 saturated heterocycles. The lowest BCUT2D eigenvalue weighted by atomic mass is 10.1. The third kappa shape index (κ3) is 3.93. The fraction of sp³-hybridized carbons (Fsp3) is 0.261. The van der Waals surface area contributed by atoms with E-state index >= 15 is 0 Å². The van der Waals surface area contributed by atoms with Crippen molar-refractivity contribution < 1.29 is 9.47 Å². The first-order chi connectivity index (χ1) is 14.6. The number of nitrogens with zero attached hydrogens (tertiary/aromatic N) is 3. The molecule has 0 bridgehead atoms. The number of hydrogen-bond donors (Lipinski definition) is 0. The average Bonchev–Trinajstić information content (AvgIpc) is 3.27. The SMILES string of the molecule is CCCOc1ccc(/C=c2/sc3nc(-c4ccccc4C)nn3c2=O)cc1OCC. The second-order valence-electron chi connectivity index (χ2n) is 6.85. The highest BCUT2D eigenvalue weighted by Gasteiger charge is 2.13. The number of fused-ring (bicyclic) bond motifs is 1. The van der Waals surface area contributed by atoms with Gasteiger partial charge in [0.25, 0.3) is 5.56 Å². The first-order valence-corrected chi connectivity index (χ1v) is 10.8. The van der Waals surface area contributed by atoms with Gasteiger partial charge in [0.05, 0.1) is 17.7 Å². The summed E-state index contributed by atoms with van der Waals surface area (Å²) in [5.74, 6) is 1.95. The Bertz CT molecular complexity index is 1290. The van der Waals surface area contributed by atoms with Crippen LogP contribution in [0.25, 0.3) is 22.4 Å². The number of aryl methyl sites for hydroxylation is 1. The van der Waals surface area contributed by atoms with Gasteiger partial charge in [0.1, 0.15) is 0 Å². The zero-order chi connectivity index (χ0) is 21.1. The van der Waals surface area contributed by atoms with E-state index in [4.69, 9.17) is 9.47 Å². The summed E-state index contributed by atoms with van der Waals surface area (Å²) in [6.45, 7) is 7.17. The van der Waals surface area contributed by atoms with E-state index in [1.54, 1.807) is 0 Å². The van der Waals surface area contributed by atoms with Crippen molar-refractivity contribution in [3.63, 3.8) is 0 Å². The highest BCUT2D eigenvalue weighted by atomic mass is 32.1. The van der Waals surface area contributed by atoms with E-state index in [9.17, 15) is 4.79 Å². The van der Waals surface area contributed by atoms with E-state index in [1.807, 2.05) is 62.4 Å². The molecule has 7 heteroatoms. The molecule has 4 rings (SSSR count). The van der Waals surface area contributed by atoms with Crippen molar-refractivity contribution in [1.82, 2.24) is 14.6 Å². The van der Waals surface area contributed by atoms with Gasteiger partial charge >= 0.3 is 0 Å². The van der Waals surface area contributed by atoms with Gasteiger partial charge in [-0.2, -0.15) is 9.50 Å². The Kier molecular flexibility index (Phi) is 5.81. The van der Waals surface area contributed by atoms with Gasteiger partial charge in [0.15, 0.2) is 17.3 Å². The molecule has 0 aliphatic heterocycles. The summed E-state index contributed by atoms with van der Waals surface area (Å²) in [4.78, 5) is 18.0. The Hall–Kier alpha value is -3.19. The standard InChI is InChI=1S/C23H23N3O3S/c1-4-12-29-18-11-10-16(13-19(18)28-5-2)14-20-22(27)26-23(30-20)24-21(25-26)17-9-7-6-8-15(17)3/h6-11,13-14H,4-5,12H2,1-3H3/b20-14+. The molecule has 30 heavy (non-hydrogen) atoms. The third-order valence-corrected chi connectivity index (χ3v) is 5.55. The molecule has 0 radical (unpaired) electrons. The van der Waals surface area contributed by atoms with Crippen molar-refractivity contribution in [1.29, 1.82) is 0 Å². The Labute approximate surface area is 178 Å². The quantitative estimate of drug-likeness (QED) is 0.453. The van der Waals surface area contributed by atoms with E-state index in [2.05, 4.69) is 17.0 Å². The maximum absolute atomic E-state index is 12.9. The first-order valence-electron chi connectivity index (χ1n) is 9.97. The van der Waals surface area contributed by atoms with Gasteiger partial charge in [-0.15, -0.1) is 5.10 Å². The minimum absolute atomic E-state index is 0.174. The minimum Gasteiger partial charge on any atom is -0.490 e. The van der Waals surface area contributed by atoms with Gasteiger partial charge in [-0.25, -0.2) is 0 Å². The molecule has 0 fully saturated rings. The topological polar surface area (TPSA) is 65.7 Å². The molecule has 4 aromatic rings. The summed E-state index contributed by atoms with van der Waals surface area (Å²) in [7, 11) is 0. The summed E-state index contributed by atoms with van der Waals surface area (Å²) in [5, 5.41) is 4.44. The largest absolute Gasteiger partial charge is 0.490 e. The third-order valence-electron chi connectivity index (χ3n) is 4.59. The van der Waals surface area contributed by atoms with Crippen LogP contribution in [0.15, 0.2) is 47.3 Å². The van der Waals surface area contributed by atoms with Crippen LogP contribution in [0.4, 0.5) is 0 Å². The molecular weight excluding hydrogens is 398 g/mol. The number of hydrogen-bond acceptors (Lipinski definition) is 6. The molecule has 2 heterocycles. The lowest BCUT2D eigenvalue weighted by Crippen LogP contribution is -2.23. The molecule has 0 aliphatic rings. The number of rotatable bonds is 7. The van der Waals surface area contributed by atoms with Gasteiger partial charge in [-0.3, -0.25) is 4.79 Å². The molecule has 0 saturated carbocycles. The Morgan fingerprint density at radius 3 is 2.67 bits per heavy atom. The highest BCUT2D eigenvalue weighted by molar-refractivity contribution is 7.15. The zero-order valence-electron chi connectivity index (χ0n) is 17.2. The van der Waals surface area contributed by atoms with Crippen molar-refractivity contribution in [3.8, 4) is 22.9 Å². The van der Waals surface area contributed by atoms with Crippen molar-refractivity contribution >= 4 is 22.4 Å². The summed E-state index contributed by atoms with van der Waals surface area (Å²) >= 11 is 1.33. The van der Waals surface area contributed by atoms with Crippen LogP contribution in [0.1, 0.15) is 31.4 Å². The zero-order valence-corrected chi connectivity index (χ0v) is 18.0. The molecule has 0 spiro atoms. The predicted octanol–water partition coefficient (Wildman–Crippen LogP) is 3.86. The van der Waals surface area contributed by atoms with Crippen LogP contribution < -0.4 is 19.6 Å². The van der Waals surface area contributed by atoms with Crippen molar-refractivity contribution in [3.05, 3.63) is 68.5 Å². The number of ether oxygens (including phenoxy) is 2. The number of thiazole rings is 1. The summed E-state index contributed by atoms with van der Waals surface area (Å²) in [5.41, 5.74) is 2.70. The molecule has 0 amide bonds. The molecular formula is C23H23N3O3S. The maximum atomic E-state index is 12.9. The first kappa shape index (κ1) is 20.1. The molecule has 2 aromatic heterocycles. The van der Waals surface area contributed by atoms with Crippen LogP contribution in [-0.2, 0) is 0 Å². The second-order valence-corrected chi connectivity index (χ2v) is 7.86. The Morgan fingerprint density at radius 2 is 1.93 bits per heavy atom. The van der Waals surface area contributed by atoms with E-state index in [0.717, 1.165) is 23.1 Å². The molecule has 0 N–H and O–H groups in total. The van der Waals surface area contributed by atoms with Crippen molar-refractivity contribution in [2.45, 2.75) is 27.2 Å². The molecule has 6 nitrogen and oxygen atoms in total. The fourth-order valence-corrected chi connectivity index (χ4v) is 4.04. The van der Waals surface area contributed by atoms with Crippen LogP contribution in [-0.4, -0.2) is 27.8 Å². The van der Waals surface area contributed by atoms with Crippen LogP contribution in [0, 0.1) is 6.92 Å². The van der Waals surface area contributed by atoms with Crippen LogP contribution in [0.3, 0.4) is 0 Å². The van der Waals surface area contributed by atoms with E-state index in [1.165, 1.54) is 15.9 Å². The molecule has 0 atom stereocenters. The molecule has 0 unspecified atom stereocenters. The molecule has 0 aliphatic carbocycles. The lowest BCUT2D eigenvalue weighted by molar-refractivity contribution is 0.277. The van der Waals surface area contributed by atoms with E-state index in [0.29, 0.717) is 40.0 Å². The average molecular weight is 422 g/mol. The van der Waals surface area contributed by atoms with Gasteiger partial charge in [-0.1, -0.05) is 48.6 Å². The van der Waals surface area contributed by atoms with Gasteiger partial charge < -0.3 is 9.47 Å². The lowest BCUT2D eigenvalue weighted by Gasteiger charge is -2.11. The highest BCUT2D eigenvalue weighted by Crippen LogP contribution is 2.29. The van der Waals surface area contributed by atoms with Crippen molar-refractivity contribution in [2.24, 2.45) is 0 Å². The Morgan fingerprint density at radius 1 is 1.10 bits per heavy atom. The van der Waals surface area contributed by atoms with Crippen LogP contribution in [0.2, 0.25) is 0 Å². The summed E-state index contributed by atoms with van der Waals surface area (Å²) in [6.07, 6.45) is 2.76. The molecule has 154 valence electrons. The monoisotopic (exact) mass is 421 g/mol. The second kappa shape index (κ2) is 8.67. The molecule has 2 aromatic carbocycles. The van der Waals surface area contributed by atoms with Crippen LogP contribution >= 0.6 is 11.3 Å². The van der Waals surface area contributed by atoms with Gasteiger partial charge in [-0.05, 0) is 49.6 Å². The summed E-state index contributed by atoms with van der Waals surface area (Å²) in [6, 6.07) is 13.6. The fourth-order valence-electron chi connectivity index (χ4n) is 3.14. The summed E-state index contributed by atoms with van der Waals surface area (Å²) < 4.78 is 13.4. The van der Waals surface area contributed by atoms with Gasteiger partial charge in [0.2, 0.25) is 4.96 Å². The van der Waals surface area contributed by atoms with E-state index in [-0.39, 0.29) is 5.56 Å². The Balaban J connectivity index is 1.72. The maximum Gasteiger partial charge on any atom is 0.291 e. The van der Waals surface area contributed by atoms with E-state index < -0.39 is 0 Å². The number of aromatic nitrogens is 3. The normalized spacial score (nSPS) is 11.9. The number of benzene rings is 2. The smallest absolute Gasteiger partial charge is 0.291 e. The predicted molar refractivity (Wildman–Crippen MR) is 119 cm³/mol. The van der Waals surface area contributed by atoms with Crippen molar-refractivity contribution in [2.75, 3.05) is 13.2 Å².